The lowest BCUT2D eigenvalue weighted by Gasteiger charge is -2.53. The fourth-order valence-corrected chi connectivity index (χ4v) is 7.66. The topological polar surface area (TPSA) is 32.6 Å². The van der Waals surface area contributed by atoms with Gasteiger partial charge in [-0.05, 0) is 90.7 Å². The first-order valence-corrected chi connectivity index (χ1v) is 11.5. The van der Waals surface area contributed by atoms with Gasteiger partial charge in [-0.25, -0.2) is 0 Å². The van der Waals surface area contributed by atoms with Gasteiger partial charge in [0.25, 0.3) is 0 Å². The summed E-state index contributed by atoms with van der Waals surface area (Å²) in [5.41, 5.74) is 5.62. The molecule has 4 aliphatic rings. The van der Waals surface area contributed by atoms with Crippen molar-refractivity contribution in [3.05, 3.63) is 34.9 Å². The Hall–Kier alpha value is -1.31. The summed E-state index contributed by atoms with van der Waals surface area (Å²) in [6, 6.07) is 7.03. The van der Waals surface area contributed by atoms with Crippen LogP contribution in [0.2, 0.25) is 0 Å². The summed E-state index contributed by atoms with van der Waals surface area (Å²) < 4.78 is 0. The zero-order valence-corrected chi connectivity index (χ0v) is 17.1. The van der Waals surface area contributed by atoms with Crippen LogP contribution in [0.15, 0.2) is 23.4 Å². The number of oxime groups is 1. The summed E-state index contributed by atoms with van der Waals surface area (Å²) in [5, 5.41) is 13.6. The maximum Gasteiger partial charge on any atom is 0.0873 e. The van der Waals surface area contributed by atoms with Gasteiger partial charge in [0.05, 0.1) is 5.71 Å². The van der Waals surface area contributed by atoms with Crippen LogP contribution in [0.4, 0.5) is 0 Å². The molecule has 2 heteroatoms. The van der Waals surface area contributed by atoms with Crippen molar-refractivity contribution in [3.63, 3.8) is 0 Å². The van der Waals surface area contributed by atoms with E-state index in [1.807, 2.05) is 0 Å². The summed E-state index contributed by atoms with van der Waals surface area (Å²) >= 11 is 0. The fourth-order valence-electron chi connectivity index (χ4n) is 7.66. The van der Waals surface area contributed by atoms with Crippen LogP contribution in [0.5, 0.6) is 0 Å². The molecule has 0 heterocycles. The molecule has 5 atom stereocenters. The number of rotatable bonds is 3. The van der Waals surface area contributed by atoms with Crippen LogP contribution in [0, 0.1) is 29.1 Å². The van der Waals surface area contributed by atoms with Crippen LogP contribution < -0.4 is 0 Å². The molecule has 2 nitrogen and oxygen atoms in total. The number of benzene rings is 1. The van der Waals surface area contributed by atoms with Crippen molar-refractivity contribution in [3.8, 4) is 0 Å². The third-order valence-electron chi connectivity index (χ3n) is 9.15. The molecule has 3 saturated carbocycles. The highest BCUT2D eigenvalue weighted by atomic mass is 16.4. The van der Waals surface area contributed by atoms with E-state index in [1.165, 1.54) is 68.1 Å². The lowest BCUT2D eigenvalue weighted by Crippen LogP contribution is -2.45. The highest BCUT2D eigenvalue weighted by Crippen LogP contribution is 2.65. The van der Waals surface area contributed by atoms with Crippen LogP contribution in [0.3, 0.4) is 0 Å². The molecule has 146 valence electrons. The van der Waals surface area contributed by atoms with Crippen LogP contribution in [0.25, 0.3) is 0 Å². The molecule has 1 aromatic rings. The van der Waals surface area contributed by atoms with Gasteiger partial charge in [0.2, 0.25) is 0 Å². The highest BCUT2D eigenvalue weighted by Gasteiger charge is 2.57. The molecule has 3 fully saturated rings. The van der Waals surface area contributed by atoms with Crippen molar-refractivity contribution in [1.82, 2.24) is 0 Å². The molecule has 1 aromatic carbocycles. The minimum Gasteiger partial charge on any atom is -0.411 e. The number of aryl methyl sites for hydroxylation is 1. The standard InChI is InChI=1S/C25H35NO/c1-3-5-16-8-9-18-19-12-13-25(2)22(17-6-4-7-17)10-11-23(25)20(19)15-24(26-27)21(18)14-16/h8-9,14,17,19-20,22-23,27H,3-7,10-13,15H2,1-2H3/b26-24+. The van der Waals surface area contributed by atoms with Crippen LogP contribution >= 0.6 is 0 Å². The Balaban J connectivity index is 1.49. The Kier molecular flexibility index (Phi) is 4.37. The second kappa shape index (κ2) is 6.64. The van der Waals surface area contributed by atoms with Crippen molar-refractivity contribution in [1.29, 1.82) is 0 Å². The average molecular weight is 366 g/mol. The van der Waals surface area contributed by atoms with E-state index in [9.17, 15) is 5.21 Å². The molecule has 0 spiro atoms. The van der Waals surface area contributed by atoms with E-state index in [2.05, 4.69) is 37.2 Å². The molecule has 5 rings (SSSR count). The summed E-state index contributed by atoms with van der Waals surface area (Å²) in [4.78, 5) is 0. The zero-order valence-electron chi connectivity index (χ0n) is 17.1. The average Bonchev–Trinajstić information content (AvgIpc) is 2.97. The smallest absolute Gasteiger partial charge is 0.0873 e. The molecule has 0 aliphatic heterocycles. The highest BCUT2D eigenvalue weighted by molar-refractivity contribution is 6.03. The van der Waals surface area contributed by atoms with Crippen molar-refractivity contribution >= 4 is 5.71 Å². The summed E-state index contributed by atoms with van der Waals surface area (Å²) in [7, 11) is 0. The number of hydrogen-bond donors (Lipinski definition) is 1. The first-order valence-electron chi connectivity index (χ1n) is 11.5. The summed E-state index contributed by atoms with van der Waals surface area (Å²) in [6.45, 7) is 4.86. The predicted molar refractivity (Wildman–Crippen MR) is 111 cm³/mol. The normalized spacial score (nSPS) is 39.6. The van der Waals surface area contributed by atoms with Crippen molar-refractivity contribution in [2.24, 2.45) is 34.2 Å². The monoisotopic (exact) mass is 365 g/mol. The van der Waals surface area contributed by atoms with Gasteiger partial charge in [0.15, 0.2) is 0 Å². The number of hydrogen-bond acceptors (Lipinski definition) is 2. The van der Waals surface area contributed by atoms with E-state index in [4.69, 9.17) is 0 Å². The molecule has 0 aromatic heterocycles. The molecular formula is C25H35NO. The maximum absolute atomic E-state index is 9.83. The molecule has 27 heavy (non-hydrogen) atoms. The zero-order chi connectivity index (χ0) is 18.6. The predicted octanol–water partition coefficient (Wildman–Crippen LogP) is 6.55. The SMILES string of the molecule is CCCc1ccc2c(c1)/C(=N/O)CC1C2CCC2(C)C(C3CCC3)CCC12. The quantitative estimate of drug-likeness (QED) is 0.478. The molecule has 1 N–H and O–H groups in total. The van der Waals surface area contributed by atoms with E-state index in [1.54, 1.807) is 0 Å². The Bertz CT molecular complexity index is 749. The summed E-state index contributed by atoms with van der Waals surface area (Å²) in [6.07, 6.45) is 13.3. The van der Waals surface area contributed by atoms with Crippen LogP contribution in [-0.4, -0.2) is 10.9 Å². The van der Waals surface area contributed by atoms with Gasteiger partial charge < -0.3 is 5.21 Å². The van der Waals surface area contributed by atoms with Gasteiger partial charge in [-0.3, -0.25) is 0 Å². The van der Waals surface area contributed by atoms with Crippen molar-refractivity contribution in [2.75, 3.05) is 0 Å². The maximum atomic E-state index is 9.83. The molecule has 0 radical (unpaired) electrons. The number of fused-ring (bicyclic) bond motifs is 5. The molecule has 5 unspecified atom stereocenters. The second-order valence-corrected chi connectivity index (χ2v) is 10.2. The van der Waals surface area contributed by atoms with Gasteiger partial charge in [-0.1, -0.05) is 56.8 Å². The Morgan fingerprint density at radius 3 is 2.63 bits per heavy atom. The third-order valence-corrected chi connectivity index (χ3v) is 9.15. The number of nitrogens with zero attached hydrogens (tertiary/aromatic N) is 1. The lowest BCUT2D eigenvalue weighted by atomic mass is 9.51. The molecule has 0 saturated heterocycles. The molecule has 0 bridgehead atoms. The largest absolute Gasteiger partial charge is 0.411 e. The van der Waals surface area contributed by atoms with Crippen molar-refractivity contribution < 1.29 is 5.21 Å². The van der Waals surface area contributed by atoms with E-state index < -0.39 is 0 Å². The Morgan fingerprint density at radius 1 is 1.11 bits per heavy atom. The molecule has 0 amide bonds. The fraction of sp³-hybridized carbons (Fsp3) is 0.720. The Labute approximate surface area is 164 Å². The van der Waals surface area contributed by atoms with Crippen LogP contribution in [0.1, 0.15) is 94.2 Å². The lowest BCUT2D eigenvalue weighted by molar-refractivity contribution is -0.000995. The first-order chi connectivity index (χ1) is 13.2. The van der Waals surface area contributed by atoms with Gasteiger partial charge in [-0.15, -0.1) is 0 Å². The van der Waals surface area contributed by atoms with Crippen LogP contribution in [-0.2, 0) is 6.42 Å². The van der Waals surface area contributed by atoms with Gasteiger partial charge in [0.1, 0.15) is 0 Å². The third kappa shape index (κ3) is 2.62. The van der Waals surface area contributed by atoms with Gasteiger partial charge in [-0.2, -0.15) is 0 Å². The minimum absolute atomic E-state index is 0.534. The second-order valence-electron chi connectivity index (χ2n) is 10.2. The molecular weight excluding hydrogens is 330 g/mol. The summed E-state index contributed by atoms with van der Waals surface area (Å²) in [5.74, 6) is 4.15. The minimum atomic E-state index is 0.534. The van der Waals surface area contributed by atoms with E-state index in [-0.39, 0.29) is 0 Å². The van der Waals surface area contributed by atoms with E-state index in [0.717, 1.165) is 36.3 Å². The molecule has 4 aliphatic carbocycles. The van der Waals surface area contributed by atoms with Crippen molar-refractivity contribution in [2.45, 2.75) is 84.0 Å². The van der Waals surface area contributed by atoms with E-state index in [0.29, 0.717) is 17.3 Å². The van der Waals surface area contributed by atoms with Gasteiger partial charge >= 0.3 is 0 Å². The van der Waals surface area contributed by atoms with E-state index >= 15 is 0 Å². The van der Waals surface area contributed by atoms with Gasteiger partial charge in [0, 0.05) is 5.56 Å². The Morgan fingerprint density at radius 2 is 1.93 bits per heavy atom. The first kappa shape index (κ1) is 17.8.